The smallest absolute Gasteiger partial charge is 0.244 e. The van der Waals surface area contributed by atoms with E-state index in [1.165, 1.54) is 16.6 Å². The molecular weight excluding hydrogens is 250 g/mol. The lowest BCUT2D eigenvalue weighted by Crippen LogP contribution is -2.25. The number of nitrogens with zero attached hydrogens (tertiary/aromatic N) is 2. The summed E-state index contributed by atoms with van der Waals surface area (Å²) in [6.45, 7) is 3.08. The van der Waals surface area contributed by atoms with Crippen LogP contribution in [0.1, 0.15) is 16.9 Å². The van der Waals surface area contributed by atoms with E-state index in [1.54, 1.807) is 18.4 Å². The summed E-state index contributed by atoms with van der Waals surface area (Å²) in [7, 11) is 1.61. The molecule has 0 bridgehead atoms. The Morgan fingerprint density at radius 3 is 3.00 bits per heavy atom. The zero-order valence-corrected chi connectivity index (χ0v) is 11.4. The number of carbonyl (C=O) groups is 1. The van der Waals surface area contributed by atoms with Gasteiger partial charge in [0.05, 0.1) is 5.29 Å². The van der Waals surface area contributed by atoms with Crippen molar-refractivity contribution in [2.24, 2.45) is 5.29 Å². The summed E-state index contributed by atoms with van der Waals surface area (Å²) >= 11 is 1.61. The third kappa shape index (κ3) is 5.09. The minimum Gasteiger partial charge on any atom is -0.352 e. The van der Waals surface area contributed by atoms with Crippen LogP contribution in [-0.4, -0.2) is 31.1 Å². The fraction of sp³-hybridized carbons (Fsp3) is 0.417. The molecule has 0 aliphatic rings. The van der Waals surface area contributed by atoms with Crippen molar-refractivity contribution in [3.8, 4) is 0 Å². The lowest BCUT2D eigenvalue weighted by atomic mass is 10.3. The first-order valence-corrected chi connectivity index (χ1v) is 6.56. The molecule has 5 nitrogen and oxygen atoms in total. The Bertz CT molecular complexity index is 429. The summed E-state index contributed by atoms with van der Waals surface area (Å²) in [6, 6.07) is 2.02. The predicted molar refractivity (Wildman–Crippen MR) is 74.1 cm³/mol. The number of aryl methyl sites for hydroxylation is 1. The summed E-state index contributed by atoms with van der Waals surface area (Å²) < 4.78 is 0. The lowest BCUT2D eigenvalue weighted by molar-refractivity contribution is -0.116. The third-order valence-corrected chi connectivity index (χ3v) is 3.37. The van der Waals surface area contributed by atoms with E-state index in [4.69, 9.17) is 0 Å². The largest absolute Gasteiger partial charge is 0.352 e. The van der Waals surface area contributed by atoms with Gasteiger partial charge < -0.3 is 5.32 Å². The van der Waals surface area contributed by atoms with Crippen LogP contribution in [0.5, 0.6) is 0 Å². The minimum atomic E-state index is -0.121. The van der Waals surface area contributed by atoms with Crippen molar-refractivity contribution in [1.82, 2.24) is 10.3 Å². The van der Waals surface area contributed by atoms with Crippen molar-refractivity contribution in [1.29, 1.82) is 0 Å². The molecule has 0 aliphatic heterocycles. The first-order valence-electron chi connectivity index (χ1n) is 5.68. The summed E-state index contributed by atoms with van der Waals surface area (Å²) in [5, 5.41) is 8.79. The fourth-order valence-corrected chi connectivity index (χ4v) is 2.15. The maximum atomic E-state index is 11.5. The molecule has 0 unspecified atom stereocenters. The van der Waals surface area contributed by atoms with Gasteiger partial charge in [0.1, 0.15) is 0 Å². The molecule has 6 heteroatoms. The zero-order valence-electron chi connectivity index (χ0n) is 10.5. The number of nitroso groups, excluding NO2 is 1. The van der Waals surface area contributed by atoms with Crippen LogP contribution < -0.4 is 5.32 Å². The van der Waals surface area contributed by atoms with Gasteiger partial charge in [0.2, 0.25) is 5.91 Å². The van der Waals surface area contributed by atoms with Crippen molar-refractivity contribution in [3.63, 3.8) is 0 Å². The second-order valence-electron chi connectivity index (χ2n) is 3.91. The van der Waals surface area contributed by atoms with E-state index < -0.39 is 0 Å². The van der Waals surface area contributed by atoms with Gasteiger partial charge in [-0.15, -0.1) is 16.2 Å². The molecule has 0 saturated carbocycles. The monoisotopic (exact) mass is 267 g/mol. The van der Waals surface area contributed by atoms with Crippen LogP contribution >= 0.6 is 11.3 Å². The van der Waals surface area contributed by atoms with Crippen LogP contribution in [0.2, 0.25) is 0 Å². The summed E-state index contributed by atoms with van der Waals surface area (Å²) in [6.07, 6.45) is 4.04. The molecule has 18 heavy (non-hydrogen) atoms. The van der Waals surface area contributed by atoms with Crippen molar-refractivity contribution in [2.75, 3.05) is 20.1 Å². The third-order valence-electron chi connectivity index (χ3n) is 2.38. The quantitative estimate of drug-likeness (QED) is 0.356. The highest BCUT2D eigenvalue weighted by molar-refractivity contribution is 7.11. The number of hydrogen-bond donors (Lipinski definition) is 1. The van der Waals surface area contributed by atoms with Gasteiger partial charge in [-0.2, -0.15) is 0 Å². The van der Waals surface area contributed by atoms with Crippen LogP contribution in [0, 0.1) is 11.8 Å². The molecule has 98 valence electrons. The second kappa shape index (κ2) is 7.60. The molecule has 0 aromatic carbocycles. The standard InChI is InChI=1S/C12H17N3O2S/c1-10-6-9-18-11(10)4-5-12(16)13-7-3-8-15(2)14-17/h4-6,9H,3,7-8H2,1-2H3,(H,13,16)/b5-4+. The minimum absolute atomic E-state index is 0.121. The molecule has 0 saturated heterocycles. The molecule has 0 fully saturated rings. The van der Waals surface area contributed by atoms with Gasteiger partial charge in [-0.3, -0.25) is 9.80 Å². The molecule has 1 N–H and O–H groups in total. The van der Waals surface area contributed by atoms with Gasteiger partial charge in [0, 0.05) is 31.1 Å². The van der Waals surface area contributed by atoms with E-state index in [9.17, 15) is 9.70 Å². The van der Waals surface area contributed by atoms with E-state index in [2.05, 4.69) is 10.6 Å². The molecule has 0 aliphatic carbocycles. The van der Waals surface area contributed by atoms with Crippen molar-refractivity contribution in [2.45, 2.75) is 13.3 Å². The van der Waals surface area contributed by atoms with Crippen LogP contribution in [0.3, 0.4) is 0 Å². The molecule has 0 radical (unpaired) electrons. The topological polar surface area (TPSA) is 61.8 Å². The number of amides is 1. The van der Waals surface area contributed by atoms with Gasteiger partial charge in [-0.25, -0.2) is 0 Å². The number of carbonyl (C=O) groups excluding carboxylic acids is 1. The molecule has 1 rings (SSSR count). The van der Waals surface area contributed by atoms with Gasteiger partial charge in [0.25, 0.3) is 0 Å². The van der Waals surface area contributed by atoms with Crippen LogP contribution in [0.25, 0.3) is 6.08 Å². The summed E-state index contributed by atoms with van der Waals surface area (Å²) in [5.41, 5.74) is 1.17. The molecular formula is C12H17N3O2S. The van der Waals surface area contributed by atoms with Gasteiger partial charge in [-0.05, 0) is 36.4 Å². The molecule has 0 atom stereocenters. The average molecular weight is 267 g/mol. The van der Waals surface area contributed by atoms with Crippen molar-refractivity contribution in [3.05, 3.63) is 32.9 Å². The summed E-state index contributed by atoms with van der Waals surface area (Å²) in [4.78, 5) is 22.6. The molecule has 1 aromatic heterocycles. The Morgan fingerprint density at radius 1 is 1.61 bits per heavy atom. The first-order chi connectivity index (χ1) is 8.63. The van der Waals surface area contributed by atoms with E-state index >= 15 is 0 Å². The molecule has 1 amide bonds. The molecule has 1 heterocycles. The Labute approximate surface area is 110 Å². The van der Waals surface area contributed by atoms with Gasteiger partial charge in [-0.1, -0.05) is 0 Å². The van der Waals surface area contributed by atoms with Gasteiger partial charge >= 0.3 is 0 Å². The number of nitrogens with one attached hydrogen (secondary N) is 1. The summed E-state index contributed by atoms with van der Waals surface area (Å²) in [5.74, 6) is -0.121. The van der Waals surface area contributed by atoms with Crippen molar-refractivity contribution < 1.29 is 4.79 Å². The number of hydrogen-bond acceptors (Lipinski definition) is 4. The second-order valence-corrected chi connectivity index (χ2v) is 4.86. The maximum Gasteiger partial charge on any atom is 0.244 e. The molecule has 1 aromatic rings. The average Bonchev–Trinajstić information content (AvgIpc) is 2.77. The Kier molecular flexibility index (Phi) is 6.07. The Morgan fingerprint density at radius 2 is 2.39 bits per heavy atom. The SMILES string of the molecule is Cc1ccsc1/C=C/C(=O)NCCCN(C)N=O. The number of rotatable bonds is 7. The van der Waals surface area contributed by atoms with E-state index in [1.807, 2.05) is 24.4 Å². The van der Waals surface area contributed by atoms with E-state index in [0.717, 1.165) is 4.88 Å². The number of thiophene rings is 1. The fourth-order valence-electron chi connectivity index (χ4n) is 1.33. The highest BCUT2D eigenvalue weighted by Crippen LogP contribution is 2.16. The van der Waals surface area contributed by atoms with Crippen LogP contribution in [0.4, 0.5) is 0 Å². The highest BCUT2D eigenvalue weighted by atomic mass is 32.1. The lowest BCUT2D eigenvalue weighted by Gasteiger charge is -2.07. The Balaban J connectivity index is 2.24. The van der Waals surface area contributed by atoms with Gasteiger partial charge in [0.15, 0.2) is 0 Å². The van der Waals surface area contributed by atoms with Crippen LogP contribution in [0.15, 0.2) is 22.8 Å². The first kappa shape index (κ1) is 14.4. The predicted octanol–water partition coefficient (Wildman–Crippen LogP) is 2.19. The van der Waals surface area contributed by atoms with E-state index in [0.29, 0.717) is 19.5 Å². The highest BCUT2D eigenvalue weighted by Gasteiger charge is 1.99. The van der Waals surface area contributed by atoms with Crippen LogP contribution in [-0.2, 0) is 4.79 Å². The van der Waals surface area contributed by atoms with E-state index in [-0.39, 0.29) is 5.91 Å². The molecule has 0 spiro atoms. The zero-order chi connectivity index (χ0) is 13.4. The maximum absolute atomic E-state index is 11.5. The van der Waals surface area contributed by atoms with Crippen molar-refractivity contribution >= 4 is 23.3 Å². The normalized spacial score (nSPS) is 10.6. The Hall–Kier alpha value is -1.69.